The number of hydrogen-bond acceptors (Lipinski definition) is 3. The van der Waals surface area contributed by atoms with Crippen LogP contribution in [0.5, 0.6) is 0 Å². The maximum atomic E-state index is 9.71. The molecular weight excluding hydrogens is 324 g/mol. The summed E-state index contributed by atoms with van der Waals surface area (Å²) in [5.74, 6) is 1.62. The quantitative estimate of drug-likeness (QED) is 0.516. The molecule has 5 nitrogen and oxygen atoms in total. The first kappa shape index (κ1) is 20.7. The fourth-order valence-corrected chi connectivity index (χ4v) is 3.60. The van der Waals surface area contributed by atoms with Crippen LogP contribution >= 0.6 is 0 Å². The summed E-state index contributed by atoms with van der Waals surface area (Å²) in [6.45, 7) is 10.9. The van der Waals surface area contributed by atoms with Gasteiger partial charge in [0.2, 0.25) is 0 Å². The average molecular weight is 361 g/mol. The van der Waals surface area contributed by atoms with Gasteiger partial charge in [0.1, 0.15) is 0 Å². The molecule has 2 unspecified atom stereocenters. The molecule has 5 heteroatoms. The molecule has 1 aromatic rings. The van der Waals surface area contributed by atoms with Gasteiger partial charge in [-0.3, -0.25) is 9.89 Å². The van der Waals surface area contributed by atoms with Crippen molar-refractivity contribution < 1.29 is 5.11 Å². The predicted molar refractivity (Wildman–Crippen MR) is 110 cm³/mol. The number of nitrogens with one attached hydrogen (secondary N) is 2. The van der Waals surface area contributed by atoms with Crippen molar-refractivity contribution in [2.24, 2.45) is 10.9 Å². The Morgan fingerprint density at radius 3 is 2.65 bits per heavy atom. The standard InChI is InChI=1S/C21H36N4O/c1-17-9-8-12-25(14-17)21(2,3)16-24-20(22-4)23-13-19(15-26)18-10-6-5-7-11-18/h5-7,10-11,17,19,26H,8-9,12-16H2,1-4H3,(H2,22,23,24). The van der Waals surface area contributed by atoms with Crippen LogP contribution in [0.4, 0.5) is 0 Å². The molecule has 1 aliphatic rings. The van der Waals surface area contributed by atoms with Crippen LogP contribution in [0.1, 0.15) is 45.1 Å². The van der Waals surface area contributed by atoms with Gasteiger partial charge in [0.05, 0.1) is 6.61 Å². The van der Waals surface area contributed by atoms with Crippen molar-refractivity contribution in [2.75, 3.05) is 39.8 Å². The van der Waals surface area contributed by atoms with Crippen LogP contribution in [-0.4, -0.2) is 61.3 Å². The highest BCUT2D eigenvalue weighted by molar-refractivity contribution is 5.79. The summed E-state index contributed by atoms with van der Waals surface area (Å²) in [7, 11) is 1.79. The number of rotatable bonds is 7. The number of hydrogen-bond donors (Lipinski definition) is 3. The molecule has 0 aliphatic carbocycles. The Morgan fingerprint density at radius 2 is 2.04 bits per heavy atom. The van der Waals surface area contributed by atoms with E-state index in [4.69, 9.17) is 0 Å². The Labute approximate surface area is 158 Å². The van der Waals surface area contributed by atoms with Crippen LogP contribution in [0, 0.1) is 5.92 Å². The Bertz CT molecular complexity index is 558. The van der Waals surface area contributed by atoms with Crippen molar-refractivity contribution in [1.82, 2.24) is 15.5 Å². The lowest BCUT2D eigenvalue weighted by molar-refractivity contribution is 0.0739. The zero-order chi connectivity index (χ0) is 19.0. The molecule has 1 heterocycles. The Kier molecular flexibility index (Phi) is 7.91. The molecule has 0 amide bonds. The van der Waals surface area contributed by atoms with Crippen molar-refractivity contribution >= 4 is 5.96 Å². The van der Waals surface area contributed by atoms with E-state index < -0.39 is 0 Å². The minimum Gasteiger partial charge on any atom is -0.396 e. The number of aliphatic hydroxyl groups excluding tert-OH is 1. The lowest BCUT2D eigenvalue weighted by atomic mass is 9.93. The summed E-state index contributed by atoms with van der Waals surface area (Å²) in [6.07, 6.45) is 2.62. The molecular formula is C21H36N4O. The molecule has 0 saturated carbocycles. The number of benzene rings is 1. The molecule has 26 heavy (non-hydrogen) atoms. The van der Waals surface area contributed by atoms with E-state index in [0.29, 0.717) is 6.54 Å². The summed E-state index contributed by atoms with van der Waals surface area (Å²) in [5, 5.41) is 16.5. The fourth-order valence-electron chi connectivity index (χ4n) is 3.60. The predicted octanol–water partition coefficient (Wildman–Crippen LogP) is 2.44. The van der Waals surface area contributed by atoms with Crippen molar-refractivity contribution in [3.63, 3.8) is 0 Å². The second-order valence-electron chi connectivity index (χ2n) is 8.10. The topological polar surface area (TPSA) is 59.9 Å². The molecule has 3 N–H and O–H groups in total. The van der Waals surface area contributed by atoms with Crippen LogP contribution in [0.15, 0.2) is 35.3 Å². The van der Waals surface area contributed by atoms with Gasteiger partial charge in [-0.05, 0) is 44.7 Å². The summed E-state index contributed by atoms with van der Waals surface area (Å²) in [6, 6.07) is 10.1. The van der Waals surface area contributed by atoms with Crippen LogP contribution in [0.2, 0.25) is 0 Å². The Morgan fingerprint density at radius 1 is 1.31 bits per heavy atom. The smallest absolute Gasteiger partial charge is 0.191 e. The fraction of sp³-hybridized carbons (Fsp3) is 0.667. The lowest BCUT2D eigenvalue weighted by Crippen LogP contribution is -2.56. The molecule has 1 saturated heterocycles. The average Bonchev–Trinajstić information content (AvgIpc) is 2.65. The highest BCUT2D eigenvalue weighted by Gasteiger charge is 2.30. The van der Waals surface area contributed by atoms with E-state index in [1.807, 2.05) is 18.2 Å². The number of likely N-dealkylation sites (tertiary alicyclic amines) is 1. The van der Waals surface area contributed by atoms with E-state index >= 15 is 0 Å². The maximum absolute atomic E-state index is 9.71. The number of piperidine rings is 1. The SMILES string of the molecule is CN=C(NCC(CO)c1ccccc1)NCC(C)(C)N1CCCC(C)C1. The van der Waals surface area contributed by atoms with E-state index in [0.717, 1.165) is 24.0 Å². The van der Waals surface area contributed by atoms with Gasteiger partial charge in [-0.15, -0.1) is 0 Å². The minimum atomic E-state index is 0.0608. The van der Waals surface area contributed by atoms with Gasteiger partial charge in [0.15, 0.2) is 5.96 Å². The summed E-state index contributed by atoms with van der Waals surface area (Å²) >= 11 is 0. The monoisotopic (exact) mass is 360 g/mol. The van der Waals surface area contributed by atoms with Crippen LogP contribution in [0.3, 0.4) is 0 Å². The first-order chi connectivity index (χ1) is 12.5. The molecule has 2 atom stereocenters. The third-order valence-corrected chi connectivity index (χ3v) is 5.43. The van der Waals surface area contributed by atoms with E-state index in [-0.39, 0.29) is 18.1 Å². The highest BCUT2D eigenvalue weighted by atomic mass is 16.3. The van der Waals surface area contributed by atoms with Gasteiger partial charge in [0.25, 0.3) is 0 Å². The zero-order valence-corrected chi connectivity index (χ0v) is 16.8. The second-order valence-corrected chi connectivity index (χ2v) is 8.10. The molecule has 0 spiro atoms. The molecule has 2 rings (SSSR count). The van der Waals surface area contributed by atoms with E-state index in [1.165, 1.54) is 25.9 Å². The van der Waals surface area contributed by atoms with Crippen LogP contribution in [0.25, 0.3) is 0 Å². The normalized spacial score (nSPS) is 20.7. The third-order valence-electron chi connectivity index (χ3n) is 5.43. The Balaban J connectivity index is 1.85. The Hall–Kier alpha value is -1.59. The van der Waals surface area contributed by atoms with E-state index in [2.05, 4.69) is 53.4 Å². The summed E-state index contributed by atoms with van der Waals surface area (Å²) in [4.78, 5) is 6.93. The second kappa shape index (κ2) is 9.93. The molecule has 0 aromatic heterocycles. The van der Waals surface area contributed by atoms with E-state index in [9.17, 15) is 5.11 Å². The zero-order valence-electron chi connectivity index (χ0n) is 16.8. The van der Waals surface area contributed by atoms with Gasteiger partial charge >= 0.3 is 0 Å². The lowest BCUT2D eigenvalue weighted by Gasteiger charge is -2.43. The molecule has 1 aliphatic heterocycles. The first-order valence-corrected chi connectivity index (χ1v) is 9.81. The van der Waals surface area contributed by atoms with Crippen molar-refractivity contribution in [1.29, 1.82) is 0 Å². The number of aliphatic imine (C=N–C) groups is 1. The molecule has 1 fully saturated rings. The maximum Gasteiger partial charge on any atom is 0.191 e. The number of nitrogens with zero attached hydrogens (tertiary/aromatic N) is 2. The highest BCUT2D eigenvalue weighted by Crippen LogP contribution is 2.23. The molecule has 1 aromatic carbocycles. The van der Waals surface area contributed by atoms with Crippen molar-refractivity contribution in [3.8, 4) is 0 Å². The van der Waals surface area contributed by atoms with E-state index in [1.54, 1.807) is 7.05 Å². The summed E-state index contributed by atoms with van der Waals surface area (Å²) < 4.78 is 0. The van der Waals surface area contributed by atoms with Gasteiger partial charge in [0, 0.05) is 38.1 Å². The minimum absolute atomic E-state index is 0.0608. The van der Waals surface area contributed by atoms with Gasteiger partial charge in [-0.25, -0.2) is 0 Å². The number of aliphatic hydroxyl groups is 1. The van der Waals surface area contributed by atoms with Crippen molar-refractivity contribution in [2.45, 2.75) is 45.1 Å². The van der Waals surface area contributed by atoms with Crippen LogP contribution in [-0.2, 0) is 0 Å². The third kappa shape index (κ3) is 5.99. The molecule has 0 bridgehead atoms. The number of guanidine groups is 1. The van der Waals surface area contributed by atoms with Crippen LogP contribution < -0.4 is 10.6 Å². The summed E-state index contributed by atoms with van der Waals surface area (Å²) in [5.41, 5.74) is 1.22. The largest absolute Gasteiger partial charge is 0.396 e. The van der Waals surface area contributed by atoms with Crippen molar-refractivity contribution in [3.05, 3.63) is 35.9 Å². The molecule has 146 valence electrons. The van der Waals surface area contributed by atoms with Gasteiger partial charge < -0.3 is 15.7 Å². The first-order valence-electron chi connectivity index (χ1n) is 9.81. The van der Waals surface area contributed by atoms with Gasteiger partial charge in [-0.2, -0.15) is 0 Å². The van der Waals surface area contributed by atoms with Gasteiger partial charge in [-0.1, -0.05) is 37.3 Å². The molecule has 0 radical (unpaired) electrons.